The smallest absolute Gasteiger partial charge is 0.361 e. The lowest BCUT2D eigenvalue weighted by Crippen LogP contribution is -2.40. The van der Waals surface area contributed by atoms with E-state index in [-0.39, 0.29) is 38.6 Å². The van der Waals surface area contributed by atoms with Crippen molar-refractivity contribution >= 4 is 17.9 Å². The normalized spacial score (nSPS) is 13.5. The zero-order valence-electron chi connectivity index (χ0n) is 33.7. The number of aliphatic carboxylic acids is 1. The lowest BCUT2D eigenvalue weighted by atomic mass is 10.1. The van der Waals surface area contributed by atoms with Crippen LogP contribution in [-0.2, 0) is 33.3 Å². The summed E-state index contributed by atoms with van der Waals surface area (Å²) in [6.45, 7) is 4.67. The number of hydrogen-bond donors (Lipinski definition) is 1. The number of ether oxygens (including phenoxy) is 4. The lowest BCUT2D eigenvalue weighted by Gasteiger charge is -2.25. The van der Waals surface area contributed by atoms with Gasteiger partial charge in [0, 0.05) is 12.8 Å². The molecule has 0 bridgehead atoms. The zero-order chi connectivity index (χ0) is 38.5. The number of carbonyl (C=O) groups excluding carboxylic acids is 2. The Morgan fingerprint density at radius 1 is 0.596 bits per heavy atom. The highest BCUT2D eigenvalue weighted by atomic mass is 16.7. The highest BCUT2D eigenvalue weighted by molar-refractivity contribution is 5.71. The Bertz CT molecular complexity index is 998. The van der Waals surface area contributed by atoms with Gasteiger partial charge in [-0.15, -0.1) is 0 Å². The van der Waals surface area contributed by atoms with Gasteiger partial charge >= 0.3 is 17.9 Å². The molecule has 0 aliphatic heterocycles. The van der Waals surface area contributed by atoms with E-state index >= 15 is 0 Å². The molecule has 0 radical (unpaired) electrons. The summed E-state index contributed by atoms with van der Waals surface area (Å²) in [6, 6.07) is 0. The number of unbranched alkanes of at least 4 members (excludes halogenated alkanes) is 13. The van der Waals surface area contributed by atoms with Gasteiger partial charge in [0.05, 0.1) is 34.4 Å². The Morgan fingerprint density at radius 2 is 1.10 bits per heavy atom. The van der Waals surface area contributed by atoms with Crippen molar-refractivity contribution < 1.29 is 42.9 Å². The predicted molar refractivity (Wildman–Crippen MR) is 212 cm³/mol. The number of nitrogens with zero attached hydrogens (tertiary/aromatic N) is 1. The quantitative estimate of drug-likeness (QED) is 0.0223. The van der Waals surface area contributed by atoms with Crippen LogP contribution in [-0.4, -0.2) is 87.4 Å². The molecule has 0 aromatic rings. The van der Waals surface area contributed by atoms with Gasteiger partial charge < -0.3 is 28.5 Å². The maximum atomic E-state index is 12.7. The SMILES string of the molecule is CC/C=C\C/C=C\C/C=C\CCCCCCCC(=O)OC(COC(=O)CCCCCCC/C=C\CCCCC)COC(OCC[N+](C)(C)C)C(=O)O. The minimum atomic E-state index is -1.51. The third-order valence-electron chi connectivity index (χ3n) is 8.32. The molecule has 0 aromatic heterocycles. The molecular formula is C43H76NO8+. The van der Waals surface area contributed by atoms with Crippen molar-refractivity contribution in [2.45, 2.75) is 161 Å². The third kappa shape index (κ3) is 35.6. The van der Waals surface area contributed by atoms with Crippen LogP contribution >= 0.6 is 0 Å². The van der Waals surface area contributed by atoms with Crippen molar-refractivity contribution in [3.8, 4) is 0 Å². The van der Waals surface area contributed by atoms with Crippen LogP contribution < -0.4 is 0 Å². The molecule has 0 rings (SSSR count). The fourth-order valence-electron chi connectivity index (χ4n) is 5.14. The Kier molecular flexibility index (Phi) is 33.4. The van der Waals surface area contributed by atoms with E-state index < -0.39 is 24.3 Å². The summed E-state index contributed by atoms with van der Waals surface area (Å²) in [5.74, 6) is -2.05. The topological polar surface area (TPSA) is 108 Å². The van der Waals surface area contributed by atoms with Crippen molar-refractivity contribution in [2.24, 2.45) is 0 Å². The zero-order valence-corrected chi connectivity index (χ0v) is 33.7. The molecule has 2 unspecified atom stereocenters. The standard InChI is InChI=1S/C43H75NO8/c1-6-8-10-12-14-16-18-20-21-22-24-26-28-30-32-34-41(46)52-39(38-51-43(42(47)48)49-36-35-44(3,4)5)37-50-40(45)33-31-29-27-25-23-19-17-15-13-11-9-7-2/h8,10,14-17,20-21,39,43H,6-7,9,11-13,18-19,22-38H2,1-5H3/p+1/b10-8-,16-14-,17-15-,21-20-. The van der Waals surface area contributed by atoms with E-state index in [4.69, 9.17) is 18.9 Å². The van der Waals surface area contributed by atoms with E-state index in [1.165, 1.54) is 25.7 Å². The molecule has 0 aliphatic rings. The summed E-state index contributed by atoms with van der Waals surface area (Å²) >= 11 is 0. The van der Waals surface area contributed by atoms with Gasteiger partial charge in [-0.05, 0) is 70.6 Å². The van der Waals surface area contributed by atoms with E-state index in [0.717, 1.165) is 89.9 Å². The Labute approximate surface area is 317 Å². The van der Waals surface area contributed by atoms with Gasteiger partial charge in [0.1, 0.15) is 13.2 Å². The van der Waals surface area contributed by atoms with Crippen LogP contribution in [0.4, 0.5) is 0 Å². The molecule has 52 heavy (non-hydrogen) atoms. The number of likely N-dealkylation sites (N-methyl/N-ethyl adjacent to an activating group) is 1. The van der Waals surface area contributed by atoms with Crippen LogP contribution in [0.1, 0.15) is 149 Å². The molecule has 300 valence electrons. The molecule has 0 saturated heterocycles. The lowest BCUT2D eigenvalue weighted by molar-refractivity contribution is -0.870. The highest BCUT2D eigenvalue weighted by Gasteiger charge is 2.25. The average Bonchev–Trinajstić information content (AvgIpc) is 3.09. The van der Waals surface area contributed by atoms with Crippen LogP contribution in [0.25, 0.3) is 0 Å². The van der Waals surface area contributed by atoms with Gasteiger partial charge in [-0.25, -0.2) is 4.79 Å². The first-order valence-electron chi connectivity index (χ1n) is 20.3. The predicted octanol–water partition coefficient (Wildman–Crippen LogP) is 10.0. The number of esters is 2. The third-order valence-corrected chi connectivity index (χ3v) is 8.32. The molecule has 9 nitrogen and oxygen atoms in total. The van der Waals surface area contributed by atoms with Crippen LogP contribution in [0.15, 0.2) is 48.6 Å². The summed E-state index contributed by atoms with van der Waals surface area (Å²) in [7, 11) is 5.93. The van der Waals surface area contributed by atoms with Gasteiger partial charge in [0.25, 0.3) is 6.29 Å². The summed E-state index contributed by atoms with van der Waals surface area (Å²) in [5.41, 5.74) is 0. The minimum Gasteiger partial charge on any atom is -0.477 e. The molecule has 1 N–H and O–H groups in total. The Morgan fingerprint density at radius 3 is 1.65 bits per heavy atom. The van der Waals surface area contributed by atoms with Gasteiger partial charge in [-0.1, -0.05) is 114 Å². The molecule has 2 atom stereocenters. The molecule has 0 heterocycles. The largest absolute Gasteiger partial charge is 0.477 e. The number of hydrogen-bond acceptors (Lipinski definition) is 7. The summed E-state index contributed by atoms with van der Waals surface area (Å²) in [4.78, 5) is 36.9. The van der Waals surface area contributed by atoms with Gasteiger partial charge in [0.15, 0.2) is 6.10 Å². The van der Waals surface area contributed by atoms with Crippen LogP contribution in [0.3, 0.4) is 0 Å². The van der Waals surface area contributed by atoms with E-state index in [1.807, 2.05) is 21.1 Å². The number of carboxylic acids is 1. The second-order valence-electron chi connectivity index (χ2n) is 14.6. The van der Waals surface area contributed by atoms with Gasteiger partial charge in [-0.2, -0.15) is 0 Å². The van der Waals surface area contributed by atoms with Gasteiger partial charge in [0.2, 0.25) is 0 Å². The maximum absolute atomic E-state index is 12.7. The van der Waals surface area contributed by atoms with Crippen molar-refractivity contribution in [1.82, 2.24) is 0 Å². The highest BCUT2D eigenvalue weighted by Crippen LogP contribution is 2.12. The van der Waals surface area contributed by atoms with Crippen LogP contribution in [0.2, 0.25) is 0 Å². The average molecular weight is 735 g/mol. The van der Waals surface area contributed by atoms with E-state index in [2.05, 4.69) is 62.5 Å². The van der Waals surface area contributed by atoms with E-state index in [1.54, 1.807) is 0 Å². The van der Waals surface area contributed by atoms with E-state index in [0.29, 0.717) is 17.4 Å². The fraction of sp³-hybridized carbons (Fsp3) is 0.744. The summed E-state index contributed by atoms with van der Waals surface area (Å²) in [5, 5.41) is 9.60. The number of quaternary nitrogens is 1. The number of carboxylic acid groups (broad SMARTS) is 1. The minimum absolute atomic E-state index is 0.181. The second kappa shape index (κ2) is 35.3. The number of rotatable bonds is 36. The Hall–Kier alpha value is -2.75. The van der Waals surface area contributed by atoms with Crippen LogP contribution in [0, 0.1) is 0 Å². The Balaban J connectivity index is 4.56. The molecule has 0 aliphatic carbocycles. The van der Waals surface area contributed by atoms with Crippen molar-refractivity contribution in [3.05, 3.63) is 48.6 Å². The molecule has 0 fully saturated rings. The second-order valence-corrected chi connectivity index (χ2v) is 14.6. The molecule has 0 spiro atoms. The maximum Gasteiger partial charge on any atom is 0.361 e. The number of allylic oxidation sites excluding steroid dienone is 8. The molecule has 9 heteroatoms. The first kappa shape index (κ1) is 49.2. The monoisotopic (exact) mass is 735 g/mol. The fourth-order valence-corrected chi connectivity index (χ4v) is 5.14. The first-order chi connectivity index (χ1) is 25.1. The molecule has 0 saturated carbocycles. The van der Waals surface area contributed by atoms with E-state index in [9.17, 15) is 19.5 Å². The molecule has 0 amide bonds. The number of carbonyl (C=O) groups is 3. The van der Waals surface area contributed by atoms with Crippen molar-refractivity contribution in [1.29, 1.82) is 0 Å². The summed E-state index contributed by atoms with van der Waals surface area (Å²) in [6.07, 6.45) is 36.0. The van der Waals surface area contributed by atoms with Gasteiger partial charge in [-0.3, -0.25) is 9.59 Å². The molecular weight excluding hydrogens is 658 g/mol. The van der Waals surface area contributed by atoms with Crippen molar-refractivity contribution in [2.75, 3.05) is 47.5 Å². The first-order valence-corrected chi connectivity index (χ1v) is 20.3. The van der Waals surface area contributed by atoms with Crippen molar-refractivity contribution in [3.63, 3.8) is 0 Å². The summed E-state index contributed by atoms with van der Waals surface area (Å²) < 4.78 is 22.6. The van der Waals surface area contributed by atoms with Crippen LogP contribution in [0.5, 0.6) is 0 Å². The molecule has 0 aromatic carbocycles.